The summed E-state index contributed by atoms with van der Waals surface area (Å²) in [5.41, 5.74) is 6.62. The van der Waals surface area contributed by atoms with E-state index in [1.807, 2.05) is 0 Å². The maximum Gasteiger partial charge on any atom is 0.264 e. The zero-order valence-electron chi connectivity index (χ0n) is 18.5. The van der Waals surface area contributed by atoms with Crippen molar-refractivity contribution in [2.45, 2.75) is 13.1 Å². The number of nitrogens with one attached hydrogen (secondary N) is 1. The van der Waals surface area contributed by atoms with Crippen molar-refractivity contribution < 1.29 is 9.59 Å². The predicted molar refractivity (Wildman–Crippen MR) is 130 cm³/mol. The van der Waals surface area contributed by atoms with Crippen molar-refractivity contribution in [3.63, 3.8) is 0 Å². The average molecular weight is 491 g/mol. The highest BCUT2D eigenvalue weighted by Crippen LogP contribution is 2.21. The van der Waals surface area contributed by atoms with Crippen LogP contribution in [0.3, 0.4) is 0 Å². The van der Waals surface area contributed by atoms with Crippen LogP contribution in [-0.4, -0.2) is 40.7 Å². The molecule has 0 radical (unpaired) electrons. The third-order valence-electron chi connectivity index (χ3n) is 4.85. The van der Waals surface area contributed by atoms with Crippen molar-refractivity contribution in [3.05, 3.63) is 76.0 Å². The summed E-state index contributed by atoms with van der Waals surface area (Å²) in [6.07, 6.45) is 11.7. The Balaban J connectivity index is 1.67. The van der Waals surface area contributed by atoms with Gasteiger partial charge in [-0.3, -0.25) is 28.6 Å². The number of anilines is 1. The number of pyridine rings is 1. The van der Waals surface area contributed by atoms with E-state index >= 15 is 0 Å². The number of hydrogen-bond donors (Lipinski definition) is 2. The van der Waals surface area contributed by atoms with Crippen LogP contribution in [0.5, 0.6) is 0 Å². The molecule has 0 aliphatic carbocycles. The molecular formula is C23H19ClN8O3. The molecule has 0 spiro atoms. The fourth-order valence-electron chi connectivity index (χ4n) is 3.31. The lowest BCUT2D eigenvalue weighted by atomic mass is 10.2. The van der Waals surface area contributed by atoms with Gasteiger partial charge in [-0.1, -0.05) is 23.4 Å². The van der Waals surface area contributed by atoms with Gasteiger partial charge in [0.1, 0.15) is 18.5 Å². The molecule has 0 atom stereocenters. The van der Waals surface area contributed by atoms with E-state index in [1.54, 1.807) is 36.4 Å². The van der Waals surface area contributed by atoms with Crippen molar-refractivity contribution in [1.82, 2.24) is 28.9 Å². The summed E-state index contributed by atoms with van der Waals surface area (Å²) in [6, 6.07) is 1.57. The van der Waals surface area contributed by atoms with E-state index in [-0.39, 0.29) is 34.7 Å². The number of hydrogen-bond acceptors (Lipinski definition) is 6. The van der Waals surface area contributed by atoms with E-state index in [0.717, 1.165) is 6.08 Å². The van der Waals surface area contributed by atoms with Crippen LogP contribution in [0, 0.1) is 11.8 Å². The van der Waals surface area contributed by atoms with E-state index in [4.69, 9.17) is 17.3 Å². The molecule has 4 aromatic rings. The number of aromatic nitrogens is 6. The van der Waals surface area contributed by atoms with Gasteiger partial charge in [0, 0.05) is 43.5 Å². The number of nitrogens with two attached hydrogens (primary N) is 1. The minimum Gasteiger partial charge on any atom is -0.366 e. The van der Waals surface area contributed by atoms with Crippen molar-refractivity contribution in [2.24, 2.45) is 12.8 Å². The molecule has 0 fully saturated rings. The zero-order chi connectivity index (χ0) is 24.9. The Morgan fingerprint density at radius 2 is 2.09 bits per heavy atom. The van der Waals surface area contributed by atoms with E-state index in [2.05, 4.69) is 32.2 Å². The lowest BCUT2D eigenvalue weighted by Crippen LogP contribution is -2.22. The lowest BCUT2D eigenvalue weighted by molar-refractivity contribution is -0.116. The molecule has 4 aromatic heterocycles. The summed E-state index contributed by atoms with van der Waals surface area (Å²) in [6.45, 7) is -0.0708. The average Bonchev–Trinajstić information content (AvgIpc) is 3.39. The molecule has 176 valence electrons. The van der Waals surface area contributed by atoms with Gasteiger partial charge in [-0.25, -0.2) is 4.98 Å². The molecule has 2 amide bonds. The molecule has 0 aromatic carbocycles. The molecule has 3 N–H and O–H groups in total. The smallest absolute Gasteiger partial charge is 0.264 e. The van der Waals surface area contributed by atoms with Crippen molar-refractivity contribution in [2.75, 3.05) is 5.32 Å². The first kappa shape index (κ1) is 23.5. The molecule has 0 aliphatic heterocycles. The highest BCUT2D eigenvalue weighted by molar-refractivity contribution is 6.33. The molecule has 0 aliphatic rings. The van der Waals surface area contributed by atoms with Crippen LogP contribution in [0.1, 0.15) is 11.1 Å². The summed E-state index contributed by atoms with van der Waals surface area (Å²) < 4.78 is 4.48. The van der Waals surface area contributed by atoms with Gasteiger partial charge in [0.25, 0.3) is 5.56 Å². The minimum absolute atomic E-state index is 0.0852. The number of carbonyl (C=O) groups is 2. The van der Waals surface area contributed by atoms with Crippen LogP contribution in [0.25, 0.3) is 17.1 Å². The van der Waals surface area contributed by atoms with Crippen LogP contribution < -0.4 is 16.6 Å². The summed E-state index contributed by atoms with van der Waals surface area (Å²) in [4.78, 5) is 45.4. The Morgan fingerprint density at radius 1 is 1.26 bits per heavy atom. The molecule has 4 heterocycles. The minimum atomic E-state index is -0.678. The fourth-order valence-corrected chi connectivity index (χ4v) is 3.48. The van der Waals surface area contributed by atoms with Gasteiger partial charge in [0.15, 0.2) is 0 Å². The van der Waals surface area contributed by atoms with E-state index < -0.39 is 11.8 Å². The van der Waals surface area contributed by atoms with Gasteiger partial charge in [-0.15, -0.1) is 0 Å². The highest BCUT2D eigenvalue weighted by Gasteiger charge is 2.16. The monoisotopic (exact) mass is 490 g/mol. The Labute approximate surface area is 203 Å². The number of nitrogens with zero attached hydrogens (tertiary/aromatic N) is 6. The third-order valence-corrected chi connectivity index (χ3v) is 5.15. The normalized spacial score (nSPS) is 10.9. The van der Waals surface area contributed by atoms with Crippen molar-refractivity contribution in [3.8, 4) is 11.8 Å². The van der Waals surface area contributed by atoms with E-state index in [1.165, 1.54) is 33.9 Å². The zero-order valence-corrected chi connectivity index (χ0v) is 19.2. The van der Waals surface area contributed by atoms with Gasteiger partial charge in [0.05, 0.1) is 34.4 Å². The maximum absolute atomic E-state index is 13.2. The Bertz CT molecular complexity index is 1590. The SMILES string of the molecule is Cn1cc(C#CCn2cnc3c(c(/C=C/C(N)=O)cn3CC(=O)Nc3ccncc3Cl)c2=O)cn1. The van der Waals surface area contributed by atoms with Gasteiger partial charge >= 0.3 is 0 Å². The number of amides is 2. The van der Waals surface area contributed by atoms with Crippen LogP contribution in [0.4, 0.5) is 5.69 Å². The maximum atomic E-state index is 13.2. The van der Waals surface area contributed by atoms with E-state index in [9.17, 15) is 14.4 Å². The molecule has 0 bridgehead atoms. The Hall–Kier alpha value is -4.69. The van der Waals surface area contributed by atoms with Gasteiger partial charge in [0.2, 0.25) is 11.8 Å². The second-order valence-electron chi connectivity index (χ2n) is 7.43. The first-order valence-corrected chi connectivity index (χ1v) is 10.6. The number of primary amides is 1. The standard InChI is InChI=1S/C23H19ClN8O3/c1-30-11-15(9-28-30)3-2-8-31-14-27-22-21(23(31)35)16(4-5-19(25)33)12-32(22)13-20(34)29-18-6-7-26-10-17(18)24/h4-7,9-12,14H,8,13H2,1H3,(H2,25,33)(H,26,29,34)/b5-4+. The van der Waals surface area contributed by atoms with Gasteiger partial charge in [-0.05, 0) is 12.1 Å². The highest BCUT2D eigenvalue weighted by atomic mass is 35.5. The van der Waals surface area contributed by atoms with Crippen LogP contribution >= 0.6 is 11.6 Å². The summed E-state index contributed by atoms with van der Waals surface area (Å²) in [5.74, 6) is 4.78. The fraction of sp³-hybridized carbons (Fsp3) is 0.130. The van der Waals surface area contributed by atoms with Crippen LogP contribution in [-0.2, 0) is 29.7 Å². The molecule has 4 rings (SSSR count). The molecule has 0 saturated carbocycles. The largest absolute Gasteiger partial charge is 0.366 e. The number of halogens is 1. The second kappa shape index (κ2) is 10.1. The number of fused-ring (bicyclic) bond motifs is 1. The summed E-state index contributed by atoms with van der Waals surface area (Å²) >= 11 is 6.05. The number of rotatable bonds is 6. The quantitative estimate of drug-likeness (QED) is 0.307. The molecule has 0 saturated heterocycles. The van der Waals surface area contributed by atoms with E-state index in [0.29, 0.717) is 16.8 Å². The predicted octanol–water partition coefficient (Wildman–Crippen LogP) is 1.17. The van der Waals surface area contributed by atoms with Gasteiger partial charge in [-0.2, -0.15) is 5.10 Å². The first-order chi connectivity index (χ1) is 16.8. The van der Waals surface area contributed by atoms with Crippen LogP contribution in [0.15, 0.2) is 54.2 Å². The molecule has 12 heteroatoms. The number of aryl methyl sites for hydroxylation is 1. The van der Waals surface area contributed by atoms with Gasteiger partial charge < -0.3 is 15.6 Å². The topological polar surface area (TPSA) is 143 Å². The summed E-state index contributed by atoms with van der Waals surface area (Å²) in [5, 5.41) is 7.25. The molecular weight excluding hydrogens is 472 g/mol. The Morgan fingerprint density at radius 3 is 2.80 bits per heavy atom. The number of carbonyl (C=O) groups excluding carboxylic acids is 2. The lowest BCUT2D eigenvalue weighted by Gasteiger charge is -2.08. The third kappa shape index (κ3) is 5.45. The van der Waals surface area contributed by atoms with Crippen LogP contribution in [0.2, 0.25) is 5.02 Å². The second-order valence-corrected chi connectivity index (χ2v) is 7.84. The molecule has 0 unspecified atom stereocenters. The Kier molecular flexibility index (Phi) is 6.75. The molecule has 11 nitrogen and oxygen atoms in total. The van der Waals surface area contributed by atoms with Crippen molar-refractivity contribution >= 4 is 46.2 Å². The van der Waals surface area contributed by atoms with Crippen molar-refractivity contribution in [1.29, 1.82) is 0 Å². The molecule has 35 heavy (non-hydrogen) atoms. The summed E-state index contributed by atoms with van der Waals surface area (Å²) in [7, 11) is 1.78. The first-order valence-electron chi connectivity index (χ1n) is 10.2.